The minimum Gasteiger partial charge on any atom is -0.356 e. The first kappa shape index (κ1) is 18.5. The van der Waals surface area contributed by atoms with Crippen molar-refractivity contribution >= 4 is 29.5 Å². The van der Waals surface area contributed by atoms with E-state index in [0.29, 0.717) is 25.6 Å². The molecule has 2 atom stereocenters. The smallest absolute Gasteiger partial charge is 0.240 e. The molecule has 3 rings (SSSR count). The second-order valence-electron chi connectivity index (χ2n) is 7.23. The van der Waals surface area contributed by atoms with Crippen LogP contribution in [0.15, 0.2) is 0 Å². The summed E-state index contributed by atoms with van der Waals surface area (Å²) in [5.41, 5.74) is 0. The zero-order chi connectivity index (χ0) is 17.8. The van der Waals surface area contributed by atoms with Gasteiger partial charge in [0.1, 0.15) is 0 Å². The lowest BCUT2D eigenvalue weighted by Gasteiger charge is -2.30. The molecule has 3 heterocycles. The van der Waals surface area contributed by atoms with E-state index < -0.39 is 0 Å². The third kappa shape index (κ3) is 4.67. The van der Waals surface area contributed by atoms with Crippen LogP contribution in [0.5, 0.6) is 0 Å². The van der Waals surface area contributed by atoms with Gasteiger partial charge >= 0.3 is 0 Å². The highest BCUT2D eigenvalue weighted by molar-refractivity contribution is 7.99. The second kappa shape index (κ2) is 8.40. The highest BCUT2D eigenvalue weighted by Crippen LogP contribution is 2.21. The fourth-order valence-corrected chi connectivity index (χ4v) is 4.76. The predicted molar refractivity (Wildman–Crippen MR) is 96.9 cm³/mol. The molecule has 0 spiro atoms. The molecule has 3 aliphatic heterocycles. The van der Waals surface area contributed by atoms with Crippen molar-refractivity contribution in [2.24, 2.45) is 11.8 Å². The average molecular weight is 369 g/mol. The largest absolute Gasteiger partial charge is 0.356 e. The van der Waals surface area contributed by atoms with Crippen molar-refractivity contribution in [2.75, 3.05) is 44.4 Å². The predicted octanol–water partition coefficient (Wildman–Crippen LogP) is -0.128. The van der Waals surface area contributed by atoms with Crippen molar-refractivity contribution in [1.29, 1.82) is 0 Å². The Labute approximate surface area is 153 Å². The molecule has 3 amide bonds. The van der Waals surface area contributed by atoms with Crippen LogP contribution in [0.1, 0.15) is 26.2 Å². The molecule has 140 valence electrons. The number of thioether (sulfide) groups is 1. The number of nitrogens with zero attached hydrogens (tertiary/aromatic N) is 2. The third-order valence-corrected chi connectivity index (χ3v) is 6.43. The maximum absolute atomic E-state index is 12.4. The van der Waals surface area contributed by atoms with Crippen molar-refractivity contribution in [2.45, 2.75) is 32.2 Å². The van der Waals surface area contributed by atoms with Crippen LogP contribution in [0, 0.1) is 11.8 Å². The van der Waals surface area contributed by atoms with E-state index in [1.165, 1.54) is 0 Å². The van der Waals surface area contributed by atoms with Gasteiger partial charge in [-0.1, -0.05) is 0 Å². The quantitative estimate of drug-likeness (QED) is 0.723. The van der Waals surface area contributed by atoms with Gasteiger partial charge in [0.15, 0.2) is 0 Å². The maximum atomic E-state index is 12.4. The van der Waals surface area contributed by atoms with Crippen LogP contribution < -0.4 is 10.6 Å². The lowest BCUT2D eigenvalue weighted by atomic mass is 9.95. The van der Waals surface area contributed by atoms with E-state index in [2.05, 4.69) is 10.6 Å². The summed E-state index contributed by atoms with van der Waals surface area (Å²) in [6, 6.07) is -0.0978. The molecule has 0 radical (unpaired) electrons. The number of rotatable bonds is 4. The molecule has 25 heavy (non-hydrogen) atoms. The SMILES string of the molecule is CC(=O)N1CCC(C(=O)NC[C@@H]2CN[C@H](C(=O)N3CCSC3)C2)CC1. The van der Waals surface area contributed by atoms with E-state index in [9.17, 15) is 14.4 Å². The topological polar surface area (TPSA) is 81.8 Å². The lowest BCUT2D eigenvalue weighted by molar-refractivity contribution is -0.134. The Balaban J connectivity index is 1.37. The number of piperidine rings is 1. The number of carbonyl (C=O) groups excluding carboxylic acids is 3. The fraction of sp³-hybridized carbons (Fsp3) is 0.824. The standard InChI is InChI=1S/C17H28N4O3S/c1-12(22)20-4-2-14(3-5-20)16(23)19-10-13-8-15(18-9-13)17(24)21-6-7-25-11-21/h13-15,18H,2-11H2,1H3,(H,19,23)/t13-,15-/m0/s1. The zero-order valence-electron chi connectivity index (χ0n) is 14.8. The first-order chi connectivity index (χ1) is 12.0. The van der Waals surface area contributed by atoms with E-state index in [4.69, 9.17) is 0 Å². The van der Waals surface area contributed by atoms with Gasteiger partial charge in [0, 0.05) is 51.3 Å². The molecule has 3 aliphatic rings. The van der Waals surface area contributed by atoms with Crippen LogP contribution in [0.3, 0.4) is 0 Å². The number of nitrogens with one attached hydrogen (secondary N) is 2. The van der Waals surface area contributed by atoms with E-state index >= 15 is 0 Å². The van der Waals surface area contributed by atoms with Crippen molar-refractivity contribution in [3.8, 4) is 0 Å². The van der Waals surface area contributed by atoms with Gasteiger partial charge < -0.3 is 20.4 Å². The number of hydrogen-bond donors (Lipinski definition) is 2. The van der Waals surface area contributed by atoms with Crippen LogP contribution in [-0.4, -0.2) is 77.9 Å². The molecule has 0 saturated carbocycles. The van der Waals surface area contributed by atoms with Gasteiger partial charge in [0.2, 0.25) is 17.7 Å². The van der Waals surface area contributed by atoms with Crippen LogP contribution in [0.2, 0.25) is 0 Å². The molecule has 3 saturated heterocycles. The molecule has 0 bridgehead atoms. The minimum absolute atomic E-state index is 0.00372. The van der Waals surface area contributed by atoms with Crippen LogP contribution >= 0.6 is 11.8 Å². The van der Waals surface area contributed by atoms with Gasteiger partial charge in [-0.05, 0) is 25.2 Å². The Morgan fingerprint density at radius 1 is 1.16 bits per heavy atom. The summed E-state index contributed by atoms with van der Waals surface area (Å²) in [5.74, 6) is 2.53. The van der Waals surface area contributed by atoms with Gasteiger partial charge in [0.05, 0.1) is 11.9 Å². The Morgan fingerprint density at radius 2 is 1.92 bits per heavy atom. The normalized spacial score (nSPS) is 27.6. The van der Waals surface area contributed by atoms with Gasteiger partial charge in [0.25, 0.3) is 0 Å². The van der Waals surface area contributed by atoms with Crippen LogP contribution in [-0.2, 0) is 14.4 Å². The minimum atomic E-state index is -0.0978. The third-order valence-electron chi connectivity index (χ3n) is 5.46. The maximum Gasteiger partial charge on any atom is 0.240 e. The molecule has 0 aliphatic carbocycles. The molecule has 3 fully saturated rings. The van der Waals surface area contributed by atoms with E-state index in [-0.39, 0.29) is 29.7 Å². The fourth-order valence-electron chi connectivity index (χ4n) is 3.81. The summed E-state index contributed by atoms with van der Waals surface area (Å²) >= 11 is 1.80. The van der Waals surface area contributed by atoms with Crippen LogP contribution in [0.25, 0.3) is 0 Å². The number of hydrogen-bond acceptors (Lipinski definition) is 5. The van der Waals surface area contributed by atoms with E-state index in [1.807, 2.05) is 4.90 Å². The Morgan fingerprint density at radius 3 is 2.56 bits per heavy atom. The Kier molecular flexibility index (Phi) is 6.22. The number of amides is 3. The number of carbonyl (C=O) groups is 3. The first-order valence-corrected chi connectivity index (χ1v) is 10.3. The highest BCUT2D eigenvalue weighted by Gasteiger charge is 2.34. The summed E-state index contributed by atoms with van der Waals surface area (Å²) in [7, 11) is 0. The molecule has 0 aromatic carbocycles. The van der Waals surface area contributed by atoms with Crippen molar-refractivity contribution in [1.82, 2.24) is 20.4 Å². The first-order valence-electron chi connectivity index (χ1n) is 9.17. The lowest BCUT2D eigenvalue weighted by Crippen LogP contribution is -2.43. The molecule has 0 unspecified atom stereocenters. The van der Waals surface area contributed by atoms with E-state index in [0.717, 1.165) is 44.0 Å². The molecule has 0 aromatic rings. The van der Waals surface area contributed by atoms with Crippen molar-refractivity contribution in [3.05, 3.63) is 0 Å². The average Bonchev–Trinajstić information content (AvgIpc) is 3.31. The Bertz CT molecular complexity index is 516. The zero-order valence-corrected chi connectivity index (χ0v) is 15.6. The van der Waals surface area contributed by atoms with Crippen molar-refractivity contribution < 1.29 is 14.4 Å². The molecule has 2 N–H and O–H groups in total. The molecular formula is C17H28N4O3S. The van der Waals surface area contributed by atoms with Crippen molar-refractivity contribution in [3.63, 3.8) is 0 Å². The van der Waals surface area contributed by atoms with Gasteiger partial charge in [-0.15, -0.1) is 11.8 Å². The molecule has 7 nitrogen and oxygen atoms in total. The van der Waals surface area contributed by atoms with Gasteiger partial charge in [-0.25, -0.2) is 0 Å². The molecule has 0 aromatic heterocycles. The summed E-state index contributed by atoms with van der Waals surface area (Å²) in [4.78, 5) is 39.8. The summed E-state index contributed by atoms with van der Waals surface area (Å²) in [5, 5.41) is 6.36. The summed E-state index contributed by atoms with van der Waals surface area (Å²) in [6.45, 7) is 5.16. The van der Waals surface area contributed by atoms with Gasteiger partial charge in [-0.3, -0.25) is 14.4 Å². The summed E-state index contributed by atoms with van der Waals surface area (Å²) in [6.07, 6.45) is 2.27. The number of likely N-dealkylation sites (tertiary alicyclic amines) is 1. The molecular weight excluding hydrogens is 340 g/mol. The monoisotopic (exact) mass is 368 g/mol. The van der Waals surface area contributed by atoms with Gasteiger partial charge in [-0.2, -0.15) is 0 Å². The second-order valence-corrected chi connectivity index (χ2v) is 8.30. The summed E-state index contributed by atoms with van der Waals surface area (Å²) < 4.78 is 0. The highest BCUT2D eigenvalue weighted by atomic mass is 32.2. The molecule has 8 heteroatoms. The van der Waals surface area contributed by atoms with Crippen LogP contribution in [0.4, 0.5) is 0 Å². The van der Waals surface area contributed by atoms with E-state index in [1.54, 1.807) is 23.6 Å². The Hall–Kier alpha value is -1.28.